The third kappa shape index (κ3) is 4.61. The van der Waals surface area contributed by atoms with E-state index < -0.39 is 0 Å². The molecule has 0 aromatic heterocycles. The summed E-state index contributed by atoms with van der Waals surface area (Å²) in [6, 6.07) is 9.36. The van der Waals surface area contributed by atoms with Crippen LogP contribution in [0.5, 0.6) is 0 Å². The topological polar surface area (TPSA) is 52.3 Å². The first-order valence-electron chi connectivity index (χ1n) is 4.96. The molecule has 1 aromatic rings. The summed E-state index contributed by atoms with van der Waals surface area (Å²) in [4.78, 5) is 11.3. The molecule has 0 fully saturated rings. The second kappa shape index (κ2) is 6.19. The molecule has 1 aromatic carbocycles. The van der Waals surface area contributed by atoms with Gasteiger partial charge in [-0.1, -0.05) is 30.3 Å². The van der Waals surface area contributed by atoms with Crippen LogP contribution in [-0.4, -0.2) is 12.0 Å². The van der Waals surface area contributed by atoms with Gasteiger partial charge < -0.3 is 17.4 Å². The van der Waals surface area contributed by atoms with Crippen LogP contribution >= 0.6 is 0 Å². The highest BCUT2D eigenvalue weighted by atomic mass is 16.5. The molecular weight excluding hydrogens is 190 g/mol. The van der Waals surface area contributed by atoms with Crippen LogP contribution in [0.2, 0.25) is 0 Å². The highest BCUT2D eigenvalue weighted by Gasteiger charge is 2.06. The lowest BCUT2D eigenvalue weighted by Gasteiger charge is -2.11. The minimum atomic E-state index is -0.269. The van der Waals surface area contributed by atoms with Crippen LogP contribution in [0.4, 0.5) is 0 Å². The van der Waals surface area contributed by atoms with Gasteiger partial charge in [0.15, 0.2) is 0 Å². The van der Waals surface area contributed by atoms with Gasteiger partial charge in [-0.3, -0.25) is 4.79 Å². The summed E-state index contributed by atoms with van der Waals surface area (Å²) in [5.74, 6) is -0.269. The third-order valence-electron chi connectivity index (χ3n) is 2.04. The van der Waals surface area contributed by atoms with E-state index in [2.05, 4.69) is 6.92 Å². The molecule has 1 atom stereocenters. The van der Waals surface area contributed by atoms with Gasteiger partial charge >= 0.3 is 5.97 Å². The Hall–Kier alpha value is -1.35. The molecule has 0 amide bonds. The summed E-state index contributed by atoms with van der Waals surface area (Å²) in [7, 11) is 0. The predicted molar refractivity (Wildman–Crippen MR) is 58.8 cm³/mol. The lowest BCUT2D eigenvalue weighted by Crippen LogP contribution is -2.23. The molecule has 3 heteroatoms. The first-order valence-corrected chi connectivity index (χ1v) is 4.96. The van der Waals surface area contributed by atoms with Crippen molar-refractivity contribution in [2.75, 3.05) is 0 Å². The van der Waals surface area contributed by atoms with Gasteiger partial charge in [-0.05, 0) is 11.6 Å². The zero-order chi connectivity index (χ0) is 11.1. The maximum Gasteiger partial charge on any atom is 0.307 e. The zero-order valence-electron chi connectivity index (χ0n) is 8.69. The van der Waals surface area contributed by atoms with Crippen molar-refractivity contribution in [1.29, 1.82) is 0 Å². The molecule has 0 saturated carbocycles. The second-order valence-corrected chi connectivity index (χ2v) is 3.40. The van der Waals surface area contributed by atoms with Crippen molar-refractivity contribution in [3.8, 4) is 0 Å². The predicted octanol–water partition coefficient (Wildman–Crippen LogP) is 1.67. The summed E-state index contributed by atoms with van der Waals surface area (Å²) in [6.07, 6.45) is 0.775. The Bertz CT molecular complexity index is 298. The zero-order valence-corrected chi connectivity index (χ0v) is 8.69. The van der Waals surface area contributed by atoms with E-state index >= 15 is 0 Å². The quantitative estimate of drug-likeness (QED) is 0.589. The summed E-state index contributed by atoms with van der Waals surface area (Å²) in [5, 5.41) is 0. The fraction of sp³-hybridized carbons (Fsp3) is 0.333. The molecule has 0 saturated heterocycles. The number of carbonyl (C=O) groups is 1. The standard InChI is InChI=1S/C12H16NO2/c1-2-11(13)8-12(14)15-9-10-6-4-3-5-7-10/h3-7,11H,1-2,8-9,13H2/q-1. The molecule has 0 spiro atoms. The van der Waals surface area contributed by atoms with Gasteiger partial charge in [0.05, 0.1) is 6.42 Å². The van der Waals surface area contributed by atoms with E-state index in [9.17, 15) is 4.79 Å². The van der Waals surface area contributed by atoms with Crippen LogP contribution in [0.3, 0.4) is 0 Å². The third-order valence-corrected chi connectivity index (χ3v) is 2.04. The van der Waals surface area contributed by atoms with Gasteiger partial charge in [0.2, 0.25) is 0 Å². The molecule has 0 bridgehead atoms. The van der Waals surface area contributed by atoms with E-state index in [1.54, 1.807) is 0 Å². The highest BCUT2D eigenvalue weighted by Crippen LogP contribution is 2.03. The van der Waals surface area contributed by atoms with Crippen LogP contribution in [0.15, 0.2) is 30.3 Å². The minimum absolute atomic E-state index is 0.201. The highest BCUT2D eigenvalue weighted by molar-refractivity contribution is 5.70. The minimum Gasteiger partial charge on any atom is -0.461 e. The number of carbonyl (C=O) groups excluding carboxylic acids is 1. The fourth-order valence-electron chi connectivity index (χ4n) is 1.11. The molecule has 3 nitrogen and oxygen atoms in total. The van der Waals surface area contributed by atoms with Gasteiger partial charge in [-0.15, -0.1) is 0 Å². The summed E-state index contributed by atoms with van der Waals surface area (Å²) < 4.78 is 5.05. The van der Waals surface area contributed by atoms with Crippen LogP contribution in [0.1, 0.15) is 18.4 Å². The molecule has 0 aliphatic heterocycles. The first-order chi connectivity index (χ1) is 7.22. The number of hydrogen-bond donors (Lipinski definition) is 1. The molecule has 15 heavy (non-hydrogen) atoms. The SMILES string of the molecule is [CH2-]CC(N)CC(=O)OCc1ccccc1. The molecule has 1 rings (SSSR count). The Kier molecular flexibility index (Phi) is 4.84. The normalized spacial score (nSPS) is 12.1. The Morgan fingerprint density at radius 2 is 2.07 bits per heavy atom. The van der Waals surface area contributed by atoms with Gasteiger partial charge in [-0.2, -0.15) is 6.42 Å². The smallest absolute Gasteiger partial charge is 0.307 e. The maximum absolute atomic E-state index is 11.3. The number of benzene rings is 1. The molecule has 82 valence electrons. The van der Waals surface area contributed by atoms with E-state index in [1.165, 1.54) is 0 Å². The molecule has 0 aliphatic carbocycles. The van der Waals surface area contributed by atoms with Crippen molar-refractivity contribution in [2.45, 2.75) is 25.5 Å². The van der Waals surface area contributed by atoms with Crippen molar-refractivity contribution in [2.24, 2.45) is 5.73 Å². The summed E-state index contributed by atoms with van der Waals surface area (Å²) in [5.41, 5.74) is 6.56. The van der Waals surface area contributed by atoms with E-state index in [4.69, 9.17) is 10.5 Å². The summed E-state index contributed by atoms with van der Waals surface area (Å²) >= 11 is 0. The fourth-order valence-corrected chi connectivity index (χ4v) is 1.11. The van der Waals surface area contributed by atoms with Gasteiger partial charge in [0.25, 0.3) is 0 Å². The van der Waals surface area contributed by atoms with Crippen molar-refractivity contribution >= 4 is 5.97 Å². The van der Waals surface area contributed by atoms with E-state index in [-0.39, 0.29) is 18.4 Å². The molecular formula is C12H16NO2-. The number of rotatable bonds is 5. The molecule has 0 heterocycles. The Balaban J connectivity index is 2.29. The molecule has 1 unspecified atom stereocenters. The largest absolute Gasteiger partial charge is 0.461 e. The van der Waals surface area contributed by atoms with Crippen molar-refractivity contribution in [3.05, 3.63) is 42.8 Å². The van der Waals surface area contributed by atoms with Crippen LogP contribution in [-0.2, 0) is 16.1 Å². The number of esters is 1. The van der Waals surface area contributed by atoms with Crippen molar-refractivity contribution in [3.63, 3.8) is 0 Å². The van der Waals surface area contributed by atoms with Gasteiger partial charge in [-0.25, -0.2) is 0 Å². The van der Waals surface area contributed by atoms with Gasteiger partial charge in [0.1, 0.15) is 6.61 Å². The molecule has 2 N–H and O–H groups in total. The lowest BCUT2D eigenvalue weighted by atomic mass is 10.2. The van der Waals surface area contributed by atoms with Crippen LogP contribution in [0, 0.1) is 6.92 Å². The first kappa shape index (κ1) is 11.7. The summed E-state index contributed by atoms with van der Waals surface area (Å²) in [6.45, 7) is 3.93. The van der Waals surface area contributed by atoms with E-state index in [0.29, 0.717) is 13.0 Å². The van der Waals surface area contributed by atoms with Crippen LogP contribution < -0.4 is 5.73 Å². The lowest BCUT2D eigenvalue weighted by molar-refractivity contribution is -0.145. The monoisotopic (exact) mass is 206 g/mol. The Morgan fingerprint density at radius 3 is 2.67 bits per heavy atom. The van der Waals surface area contributed by atoms with Crippen molar-refractivity contribution in [1.82, 2.24) is 0 Å². The molecule has 0 radical (unpaired) electrons. The molecule has 0 aliphatic rings. The number of ether oxygens (including phenoxy) is 1. The average Bonchev–Trinajstić information content (AvgIpc) is 2.27. The Morgan fingerprint density at radius 1 is 1.40 bits per heavy atom. The second-order valence-electron chi connectivity index (χ2n) is 3.40. The van der Waals surface area contributed by atoms with Gasteiger partial charge in [0, 0.05) is 0 Å². The number of hydrogen-bond acceptors (Lipinski definition) is 3. The number of nitrogens with two attached hydrogens (primary N) is 1. The van der Waals surface area contributed by atoms with Crippen molar-refractivity contribution < 1.29 is 9.53 Å². The Labute approximate surface area is 90.2 Å². The van der Waals surface area contributed by atoms with E-state index in [1.807, 2.05) is 30.3 Å². The average molecular weight is 206 g/mol. The van der Waals surface area contributed by atoms with Crippen LogP contribution in [0.25, 0.3) is 0 Å². The van der Waals surface area contributed by atoms with E-state index in [0.717, 1.165) is 5.56 Å². The maximum atomic E-state index is 11.3.